The molecule has 1 aromatic rings. The molecule has 1 N–H and O–H groups in total. The second-order valence-corrected chi connectivity index (χ2v) is 3.68. The van der Waals surface area contributed by atoms with Crippen molar-refractivity contribution in [2.75, 3.05) is 0 Å². The Kier molecular flexibility index (Phi) is 4.18. The van der Waals surface area contributed by atoms with Crippen LogP contribution in [0.15, 0.2) is 35.5 Å². The highest BCUT2D eigenvalue weighted by atomic mass is 35.5. The average Bonchev–Trinajstić information content (AvgIpc) is 2.15. The van der Waals surface area contributed by atoms with E-state index in [0.717, 1.165) is 5.56 Å². The molecule has 0 fully saturated rings. The van der Waals surface area contributed by atoms with Gasteiger partial charge in [-0.25, -0.2) is 4.79 Å². The number of halogens is 1. The molecule has 0 saturated heterocycles. The summed E-state index contributed by atoms with van der Waals surface area (Å²) in [6.07, 6.45) is 0.820. The van der Waals surface area contributed by atoms with Crippen molar-refractivity contribution in [3.8, 4) is 5.75 Å². The predicted molar refractivity (Wildman–Crippen MR) is 59.9 cm³/mol. The van der Waals surface area contributed by atoms with Crippen molar-refractivity contribution in [1.82, 2.24) is 5.32 Å². The summed E-state index contributed by atoms with van der Waals surface area (Å²) in [6, 6.07) is 7.23. The third-order valence-corrected chi connectivity index (χ3v) is 1.70. The van der Waals surface area contributed by atoms with Crippen molar-refractivity contribution >= 4 is 17.7 Å². The van der Waals surface area contributed by atoms with Gasteiger partial charge in [0.05, 0.1) is 0 Å². The Labute approximate surface area is 93.7 Å². The Hall–Kier alpha value is -1.48. The monoisotopic (exact) mass is 225 g/mol. The second-order valence-electron chi connectivity index (χ2n) is 3.08. The molecule has 4 heteroatoms. The molecule has 0 radical (unpaired) electrons. The molecule has 0 bridgehead atoms. The number of aryl methyl sites for hydroxylation is 1. The van der Waals surface area contributed by atoms with Crippen molar-refractivity contribution < 1.29 is 9.53 Å². The van der Waals surface area contributed by atoms with E-state index in [1.165, 1.54) is 6.20 Å². The van der Waals surface area contributed by atoms with Gasteiger partial charge in [-0.15, -0.1) is 0 Å². The van der Waals surface area contributed by atoms with Crippen LogP contribution in [0.1, 0.15) is 12.5 Å². The zero-order valence-corrected chi connectivity index (χ0v) is 9.34. The molecule has 1 rings (SSSR count). The van der Waals surface area contributed by atoms with E-state index in [4.69, 9.17) is 16.3 Å². The lowest BCUT2D eigenvalue weighted by molar-refractivity contribution is 0.204. The SMILES string of the molecule is CC(Cl)=CNC(=O)Oc1cccc(C)c1. The summed E-state index contributed by atoms with van der Waals surface area (Å²) in [5.74, 6) is 0.508. The normalized spacial score (nSPS) is 11.0. The van der Waals surface area contributed by atoms with Crippen LogP contribution in [0.3, 0.4) is 0 Å². The number of rotatable bonds is 2. The molecular weight excluding hydrogens is 214 g/mol. The molecule has 0 saturated carbocycles. The Morgan fingerprint density at radius 1 is 1.53 bits per heavy atom. The third-order valence-electron chi connectivity index (χ3n) is 1.59. The Morgan fingerprint density at radius 3 is 2.87 bits per heavy atom. The summed E-state index contributed by atoms with van der Waals surface area (Å²) in [6.45, 7) is 3.59. The van der Waals surface area contributed by atoms with Crippen LogP contribution in [0, 0.1) is 6.92 Å². The highest BCUT2D eigenvalue weighted by molar-refractivity contribution is 6.29. The molecule has 0 unspecified atom stereocenters. The van der Waals surface area contributed by atoms with E-state index in [-0.39, 0.29) is 0 Å². The van der Waals surface area contributed by atoms with E-state index < -0.39 is 6.09 Å². The number of carbonyl (C=O) groups excluding carboxylic acids is 1. The number of carbonyl (C=O) groups is 1. The third kappa shape index (κ3) is 4.51. The van der Waals surface area contributed by atoms with Gasteiger partial charge in [0.15, 0.2) is 0 Å². The molecule has 0 aromatic heterocycles. The van der Waals surface area contributed by atoms with Gasteiger partial charge in [0, 0.05) is 11.2 Å². The lowest BCUT2D eigenvalue weighted by Crippen LogP contribution is -2.21. The summed E-state index contributed by atoms with van der Waals surface area (Å²) in [5, 5.41) is 2.88. The van der Waals surface area contributed by atoms with Gasteiger partial charge in [-0.1, -0.05) is 23.7 Å². The number of amides is 1. The molecule has 80 valence electrons. The van der Waals surface area contributed by atoms with Crippen molar-refractivity contribution in [3.05, 3.63) is 41.1 Å². The largest absolute Gasteiger partial charge is 0.416 e. The molecule has 15 heavy (non-hydrogen) atoms. The molecule has 0 spiro atoms. The maximum Gasteiger partial charge on any atom is 0.416 e. The lowest BCUT2D eigenvalue weighted by Gasteiger charge is -2.03. The highest BCUT2D eigenvalue weighted by Crippen LogP contribution is 2.12. The smallest absolute Gasteiger partial charge is 0.410 e. The van der Waals surface area contributed by atoms with Crippen LogP contribution in [0.2, 0.25) is 0 Å². The summed E-state index contributed by atoms with van der Waals surface area (Å²) >= 11 is 5.54. The standard InChI is InChI=1S/C11H12ClNO2/c1-8-4-3-5-10(6-8)15-11(14)13-7-9(2)12/h3-7H,1-2H3,(H,13,14). The van der Waals surface area contributed by atoms with Crippen LogP contribution in [0.25, 0.3) is 0 Å². The van der Waals surface area contributed by atoms with Gasteiger partial charge in [-0.2, -0.15) is 0 Å². The predicted octanol–water partition coefficient (Wildman–Crippen LogP) is 3.18. The van der Waals surface area contributed by atoms with Gasteiger partial charge in [0.1, 0.15) is 5.75 Å². The maximum absolute atomic E-state index is 11.2. The summed E-state index contributed by atoms with van der Waals surface area (Å²) in [5.41, 5.74) is 1.03. The van der Waals surface area contributed by atoms with Gasteiger partial charge in [0.25, 0.3) is 0 Å². The zero-order chi connectivity index (χ0) is 11.3. The van der Waals surface area contributed by atoms with Gasteiger partial charge < -0.3 is 4.74 Å². The minimum atomic E-state index is -0.555. The lowest BCUT2D eigenvalue weighted by atomic mass is 10.2. The minimum absolute atomic E-state index is 0.483. The number of hydrogen-bond donors (Lipinski definition) is 1. The van der Waals surface area contributed by atoms with Crippen LogP contribution in [-0.4, -0.2) is 6.09 Å². The maximum atomic E-state index is 11.2. The quantitative estimate of drug-likeness (QED) is 0.840. The van der Waals surface area contributed by atoms with E-state index in [1.807, 2.05) is 19.1 Å². The Balaban J connectivity index is 2.55. The van der Waals surface area contributed by atoms with Crippen LogP contribution < -0.4 is 10.1 Å². The molecule has 0 aliphatic rings. The summed E-state index contributed by atoms with van der Waals surface area (Å²) < 4.78 is 4.99. The van der Waals surface area contributed by atoms with Crippen molar-refractivity contribution in [1.29, 1.82) is 0 Å². The zero-order valence-electron chi connectivity index (χ0n) is 8.58. The van der Waals surface area contributed by atoms with E-state index in [2.05, 4.69) is 5.32 Å². The summed E-state index contributed by atoms with van der Waals surface area (Å²) in [4.78, 5) is 11.2. The molecule has 0 atom stereocenters. The first-order chi connectivity index (χ1) is 7.08. The van der Waals surface area contributed by atoms with Crippen molar-refractivity contribution in [2.24, 2.45) is 0 Å². The van der Waals surface area contributed by atoms with E-state index in [9.17, 15) is 4.79 Å². The van der Waals surface area contributed by atoms with Crippen LogP contribution in [-0.2, 0) is 0 Å². The number of nitrogens with one attached hydrogen (secondary N) is 1. The van der Waals surface area contributed by atoms with Crippen molar-refractivity contribution in [3.63, 3.8) is 0 Å². The first-order valence-corrected chi connectivity index (χ1v) is 4.83. The first-order valence-electron chi connectivity index (χ1n) is 4.45. The van der Waals surface area contributed by atoms with Gasteiger partial charge >= 0.3 is 6.09 Å². The van der Waals surface area contributed by atoms with Gasteiger partial charge in [-0.3, -0.25) is 5.32 Å². The average molecular weight is 226 g/mol. The molecule has 0 heterocycles. The number of hydrogen-bond acceptors (Lipinski definition) is 2. The number of allylic oxidation sites excluding steroid dienone is 1. The topological polar surface area (TPSA) is 38.3 Å². The highest BCUT2D eigenvalue weighted by Gasteiger charge is 2.01. The molecule has 1 aromatic carbocycles. The Bertz CT molecular complexity index is 384. The van der Waals surface area contributed by atoms with Crippen LogP contribution >= 0.6 is 11.6 Å². The fourth-order valence-electron chi connectivity index (χ4n) is 0.974. The van der Waals surface area contributed by atoms with Crippen LogP contribution in [0.4, 0.5) is 4.79 Å². The number of ether oxygens (including phenoxy) is 1. The molecule has 0 aliphatic heterocycles. The van der Waals surface area contributed by atoms with E-state index in [0.29, 0.717) is 10.8 Å². The first kappa shape index (κ1) is 11.6. The van der Waals surface area contributed by atoms with Crippen molar-refractivity contribution in [2.45, 2.75) is 13.8 Å². The summed E-state index contributed by atoms with van der Waals surface area (Å²) in [7, 11) is 0. The van der Waals surface area contributed by atoms with Gasteiger partial charge in [0.2, 0.25) is 0 Å². The Morgan fingerprint density at radius 2 is 2.27 bits per heavy atom. The fraction of sp³-hybridized carbons (Fsp3) is 0.182. The van der Waals surface area contributed by atoms with Gasteiger partial charge in [-0.05, 0) is 31.5 Å². The minimum Gasteiger partial charge on any atom is -0.410 e. The fourth-order valence-corrected chi connectivity index (χ4v) is 1.03. The molecule has 0 aliphatic carbocycles. The molecule has 3 nitrogen and oxygen atoms in total. The molecule has 1 amide bonds. The van der Waals surface area contributed by atoms with E-state index >= 15 is 0 Å². The van der Waals surface area contributed by atoms with E-state index in [1.54, 1.807) is 19.1 Å². The molecular formula is C11H12ClNO2. The van der Waals surface area contributed by atoms with Crippen LogP contribution in [0.5, 0.6) is 5.75 Å². The second kappa shape index (κ2) is 5.41. The number of benzene rings is 1.